The molecule has 3 atom stereocenters. The molecule has 1 nitrogen and oxygen atoms in total. The third-order valence-electron chi connectivity index (χ3n) is 3.97. The Bertz CT molecular complexity index is 246. The first-order chi connectivity index (χ1) is 5.40. The van der Waals surface area contributed by atoms with E-state index < -0.39 is 0 Å². The zero-order valence-corrected chi connectivity index (χ0v) is 9.44. The molecule has 0 aromatic heterocycles. The van der Waals surface area contributed by atoms with Gasteiger partial charge in [0.1, 0.15) is 5.78 Å². The van der Waals surface area contributed by atoms with Gasteiger partial charge in [0.15, 0.2) is 0 Å². The molecule has 12 heavy (non-hydrogen) atoms. The zero-order chi connectivity index (χ0) is 9.15. The van der Waals surface area contributed by atoms with Gasteiger partial charge in [-0.3, -0.25) is 4.79 Å². The number of carbonyl (C=O) groups excluding carboxylic acids is 1. The Hall–Kier alpha value is 0.150. The van der Waals surface area contributed by atoms with E-state index in [0.29, 0.717) is 16.5 Å². The average Bonchev–Trinajstić information content (AvgIpc) is 2.32. The lowest BCUT2D eigenvalue weighted by atomic mass is 9.72. The monoisotopic (exact) mass is 230 g/mol. The van der Waals surface area contributed by atoms with Crippen molar-refractivity contribution in [3.05, 3.63) is 0 Å². The van der Waals surface area contributed by atoms with E-state index in [2.05, 4.69) is 36.7 Å². The first-order valence-electron chi connectivity index (χ1n) is 4.59. The van der Waals surface area contributed by atoms with Crippen LogP contribution in [0, 0.1) is 16.7 Å². The maximum atomic E-state index is 12.0. The number of rotatable bonds is 0. The Kier molecular flexibility index (Phi) is 1.56. The molecule has 2 aliphatic carbocycles. The molecule has 2 saturated carbocycles. The highest BCUT2D eigenvalue weighted by molar-refractivity contribution is 9.09. The minimum Gasteiger partial charge on any atom is -0.298 e. The van der Waals surface area contributed by atoms with Crippen molar-refractivity contribution in [1.29, 1.82) is 0 Å². The van der Waals surface area contributed by atoms with Gasteiger partial charge >= 0.3 is 0 Å². The second-order valence-electron chi connectivity index (χ2n) is 5.02. The van der Waals surface area contributed by atoms with Gasteiger partial charge in [-0.05, 0) is 18.8 Å². The molecule has 68 valence electrons. The van der Waals surface area contributed by atoms with Gasteiger partial charge in [-0.1, -0.05) is 36.7 Å². The molecule has 0 aliphatic heterocycles. The molecular formula is C10H15BrO. The van der Waals surface area contributed by atoms with Crippen molar-refractivity contribution in [3.63, 3.8) is 0 Å². The first-order valence-corrected chi connectivity index (χ1v) is 5.51. The molecule has 0 unspecified atom stereocenters. The predicted octanol–water partition coefficient (Wildman–Crippen LogP) is 2.78. The predicted molar refractivity (Wildman–Crippen MR) is 52.3 cm³/mol. The van der Waals surface area contributed by atoms with E-state index in [1.54, 1.807) is 0 Å². The third kappa shape index (κ3) is 0.729. The molecule has 0 aromatic rings. The van der Waals surface area contributed by atoms with Crippen LogP contribution in [0.1, 0.15) is 33.6 Å². The summed E-state index contributed by atoms with van der Waals surface area (Å²) in [5.74, 6) is 1.03. The van der Waals surface area contributed by atoms with Crippen LogP contribution < -0.4 is 0 Å². The highest BCUT2D eigenvalue weighted by Gasteiger charge is 2.64. The zero-order valence-electron chi connectivity index (χ0n) is 7.86. The number of hydrogen-bond donors (Lipinski definition) is 0. The van der Waals surface area contributed by atoms with Crippen LogP contribution in [0.15, 0.2) is 0 Å². The second kappa shape index (κ2) is 2.14. The molecule has 2 fully saturated rings. The van der Waals surface area contributed by atoms with Crippen LogP contribution in [0.25, 0.3) is 0 Å². The molecule has 0 radical (unpaired) electrons. The van der Waals surface area contributed by atoms with Gasteiger partial charge in [0.2, 0.25) is 0 Å². The van der Waals surface area contributed by atoms with Crippen molar-refractivity contribution < 1.29 is 4.79 Å². The topological polar surface area (TPSA) is 17.1 Å². The molecular weight excluding hydrogens is 216 g/mol. The summed E-state index contributed by atoms with van der Waals surface area (Å²) in [6.45, 7) is 6.31. The van der Waals surface area contributed by atoms with E-state index in [1.807, 2.05) is 0 Å². The van der Waals surface area contributed by atoms with Crippen LogP contribution in [-0.2, 0) is 4.79 Å². The largest absolute Gasteiger partial charge is 0.298 e. The molecule has 0 N–H and O–H groups in total. The van der Waals surface area contributed by atoms with E-state index in [1.165, 1.54) is 6.42 Å². The molecule has 2 rings (SSSR count). The molecule has 0 amide bonds. The van der Waals surface area contributed by atoms with Crippen molar-refractivity contribution in [3.8, 4) is 0 Å². The maximum Gasteiger partial charge on any atom is 0.145 e. The SMILES string of the molecule is CC1(C)C(=O)[C@]2(C)CC[C@H]1[C@H]2Br. The quantitative estimate of drug-likeness (QED) is 0.586. The third-order valence-corrected chi connectivity index (χ3v) is 5.62. The normalized spacial score (nSPS) is 50.2. The number of ketones is 1. The summed E-state index contributed by atoms with van der Waals surface area (Å²) in [6.07, 6.45) is 2.29. The highest BCUT2D eigenvalue weighted by atomic mass is 79.9. The van der Waals surface area contributed by atoms with Gasteiger partial charge in [-0.15, -0.1) is 0 Å². The van der Waals surface area contributed by atoms with Crippen LogP contribution in [0.2, 0.25) is 0 Å². The Balaban J connectivity index is 2.48. The summed E-state index contributed by atoms with van der Waals surface area (Å²) in [6, 6.07) is 0. The lowest BCUT2D eigenvalue weighted by molar-refractivity contribution is -0.134. The van der Waals surface area contributed by atoms with Crippen LogP contribution in [-0.4, -0.2) is 10.6 Å². The Morgan fingerprint density at radius 1 is 1.42 bits per heavy atom. The lowest BCUT2D eigenvalue weighted by Gasteiger charge is -2.30. The fourth-order valence-electron chi connectivity index (χ4n) is 3.05. The number of fused-ring (bicyclic) bond motifs is 2. The van der Waals surface area contributed by atoms with E-state index in [-0.39, 0.29) is 10.8 Å². The Morgan fingerprint density at radius 2 is 2.00 bits per heavy atom. The number of halogens is 1. The van der Waals surface area contributed by atoms with Crippen LogP contribution in [0.5, 0.6) is 0 Å². The van der Waals surface area contributed by atoms with Gasteiger partial charge in [0, 0.05) is 15.7 Å². The van der Waals surface area contributed by atoms with Crippen LogP contribution in [0.4, 0.5) is 0 Å². The van der Waals surface area contributed by atoms with Crippen LogP contribution in [0.3, 0.4) is 0 Å². The van der Waals surface area contributed by atoms with Gasteiger partial charge in [0.25, 0.3) is 0 Å². The van der Waals surface area contributed by atoms with E-state index >= 15 is 0 Å². The minimum atomic E-state index is -0.0822. The highest BCUT2D eigenvalue weighted by Crippen LogP contribution is 2.62. The van der Waals surface area contributed by atoms with Crippen LogP contribution >= 0.6 is 15.9 Å². The Labute approximate surface area is 82.0 Å². The molecule has 0 aromatic carbocycles. The van der Waals surface area contributed by atoms with Gasteiger partial charge in [-0.25, -0.2) is 0 Å². The van der Waals surface area contributed by atoms with Crippen molar-refractivity contribution in [2.45, 2.75) is 38.4 Å². The van der Waals surface area contributed by atoms with Crippen molar-refractivity contribution in [2.24, 2.45) is 16.7 Å². The summed E-state index contributed by atoms with van der Waals surface area (Å²) in [4.78, 5) is 12.4. The van der Waals surface area contributed by atoms with Gasteiger partial charge in [0.05, 0.1) is 0 Å². The van der Waals surface area contributed by atoms with Crippen molar-refractivity contribution >= 4 is 21.7 Å². The van der Waals surface area contributed by atoms with E-state index in [4.69, 9.17) is 0 Å². The second-order valence-corrected chi connectivity index (χ2v) is 6.00. The number of Topliss-reactive ketones (excluding diaryl/α,β-unsaturated/α-hetero) is 1. The smallest absolute Gasteiger partial charge is 0.145 e. The molecule has 2 heteroatoms. The van der Waals surface area contributed by atoms with Gasteiger partial charge in [-0.2, -0.15) is 0 Å². The average molecular weight is 231 g/mol. The summed E-state index contributed by atoms with van der Waals surface area (Å²) in [7, 11) is 0. The summed E-state index contributed by atoms with van der Waals surface area (Å²) < 4.78 is 0. The molecule has 2 bridgehead atoms. The van der Waals surface area contributed by atoms with E-state index in [0.717, 1.165) is 6.42 Å². The van der Waals surface area contributed by atoms with Gasteiger partial charge < -0.3 is 0 Å². The summed E-state index contributed by atoms with van der Waals surface area (Å²) in [5, 5.41) is 0. The lowest BCUT2D eigenvalue weighted by Crippen LogP contribution is -2.35. The molecule has 0 spiro atoms. The molecule has 2 aliphatic rings. The number of carbonyl (C=O) groups is 1. The first kappa shape index (κ1) is 8.74. The van der Waals surface area contributed by atoms with Crippen molar-refractivity contribution in [1.82, 2.24) is 0 Å². The molecule has 0 saturated heterocycles. The molecule has 0 heterocycles. The van der Waals surface area contributed by atoms with Crippen molar-refractivity contribution in [2.75, 3.05) is 0 Å². The number of hydrogen-bond acceptors (Lipinski definition) is 1. The Morgan fingerprint density at radius 3 is 2.25 bits per heavy atom. The minimum absolute atomic E-state index is 0.0613. The fourth-order valence-corrected chi connectivity index (χ4v) is 4.42. The standard InChI is InChI=1S/C10H15BrO/c1-9(2)6-4-5-10(3,7(6)11)8(9)12/h6-7H,4-5H2,1-3H3/t6-,7+,10+/m0/s1. The summed E-state index contributed by atoms with van der Waals surface area (Å²) in [5.41, 5.74) is -0.144. The maximum absolute atomic E-state index is 12.0. The number of alkyl halides is 1. The van der Waals surface area contributed by atoms with E-state index in [9.17, 15) is 4.79 Å². The fraction of sp³-hybridized carbons (Fsp3) is 0.900. The summed E-state index contributed by atoms with van der Waals surface area (Å²) >= 11 is 3.68.